The van der Waals surface area contributed by atoms with Gasteiger partial charge in [0.05, 0.1) is 17.5 Å². The topological polar surface area (TPSA) is 89.9 Å². The van der Waals surface area contributed by atoms with E-state index in [0.29, 0.717) is 13.1 Å². The van der Waals surface area contributed by atoms with Crippen LogP contribution in [0, 0.1) is 5.92 Å². The second kappa shape index (κ2) is 5.43. The quantitative estimate of drug-likeness (QED) is 0.724. The molecule has 1 saturated heterocycles. The van der Waals surface area contributed by atoms with Gasteiger partial charge in [-0.1, -0.05) is 0 Å². The summed E-state index contributed by atoms with van der Waals surface area (Å²) >= 11 is -2.54. The summed E-state index contributed by atoms with van der Waals surface area (Å²) in [5.74, 6) is -0.0484. The Labute approximate surface area is 90.7 Å². The Morgan fingerprint density at radius 1 is 1.73 bits per heavy atom. The van der Waals surface area contributed by atoms with Gasteiger partial charge in [0.25, 0.3) is 0 Å². The highest BCUT2D eigenvalue weighted by molar-refractivity contribution is 7.74. The average molecular weight is 236 g/mol. The van der Waals surface area contributed by atoms with E-state index in [9.17, 15) is 13.6 Å². The van der Waals surface area contributed by atoms with Gasteiger partial charge in [-0.05, 0) is 19.8 Å². The van der Waals surface area contributed by atoms with Crippen LogP contribution in [0.1, 0.15) is 19.8 Å². The zero-order valence-corrected chi connectivity index (χ0v) is 9.24. The molecule has 1 amide bonds. The van der Waals surface area contributed by atoms with Crippen molar-refractivity contribution in [1.29, 1.82) is 0 Å². The molecule has 0 aromatic carbocycles. The SMILES string of the molecule is CC(OS(=O)[O-])[C@H]1CCCN(C(=O)O)C1. The van der Waals surface area contributed by atoms with Crippen molar-refractivity contribution in [3.63, 3.8) is 0 Å². The summed E-state index contributed by atoms with van der Waals surface area (Å²) < 4.78 is 25.2. The molecule has 0 aromatic rings. The molecule has 1 N–H and O–H groups in total. The van der Waals surface area contributed by atoms with Crippen LogP contribution in [0.4, 0.5) is 4.79 Å². The first-order valence-corrected chi connectivity index (χ1v) is 5.75. The molecule has 15 heavy (non-hydrogen) atoms. The van der Waals surface area contributed by atoms with E-state index in [1.165, 1.54) is 4.90 Å². The lowest BCUT2D eigenvalue weighted by Gasteiger charge is -2.33. The standard InChI is InChI=1S/C8H15NO5S/c1-6(14-15(12)13)7-3-2-4-9(5-7)8(10)11/h6-7H,2-5H2,1H3,(H,10,11)(H,12,13)/p-1/t6?,7-/m0/s1. The molecule has 1 rings (SSSR count). The van der Waals surface area contributed by atoms with Crippen LogP contribution in [-0.4, -0.2) is 44.1 Å². The van der Waals surface area contributed by atoms with E-state index in [1.54, 1.807) is 6.92 Å². The monoisotopic (exact) mass is 236 g/mol. The van der Waals surface area contributed by atoms with Crippen LogP contribution in [0.25, 0.3) is 0 Å². The van der Waals surface area contributed by atoms with Crippen LogP contribution < -0.4 is 0 Å². The van der Waals surface area contributed by atoms with Gasteiger partial charge in [0.15, 0.2) is 0 Å². The maximum atomic E-state index is 10.7. The molecule has 1 heterocycles. The minimum atomic E-state index is -2.54. The van der Waals surface area contributed by atoms with Gasteiger partial charge >= 0.3 is 6.09 Å². The molecule has 3 atom stereocenters. The normalized spacial score (nSPS) is 26.0. The zero-order valence-electron chi connectivity index (χ0n) is 8.42. The minimum absolute atomic E-state index is 0.0484. The molecule has 0 aromatic heterocycles. The molecule has 0 saturated carbocycles. The van der Waals surface area contributed by atoms with Crippen LogP contribution in [0.2, 0.25) is 0 Å². The maximum Gasteiger partial charge on any atom is 0.407 e. The number of carbonyl (C=O) groups is 1. The van der Waals surface area contributed by atoms with E-state index >= 15 is 0 Å². The van der Waals surface area contributed by atoms with Crippen LogP contribution in [-0.2, 0) is 15.5 Å². The van der Waals surface area contributed by atoms with E-state index in [2.05, 4.69) is 4.18 Å². The number of rotatable bonds is 3. The molecule has 7 heteroatoms. The predicted octanol–water partition coefficient (Wildman–Crippen LogP) is 0.576. The summed E-state index contributed by atoms with van der Waals surface area (Å²) in [5, 5.41) is 8.78. The van der Waals surface area contributed by atoms with Crippen molar-refractivity contribution >= 4 is 17.5 Å². The Morgan fingerprint density at radius 3 is 2.93 bits per heavy atom. The summed E-state index contributed by atoms with van der Waals surface area (Å²) in [7, 11) is 0. The van der Waals surface area contributed by atoms with Crippen LogP contribution >= 0.6 is 0 Å². The number of nitrogens with zero attached hydrogens (tertiary/aromatic N) is 1. The first-order chi connectivity index (χ1) is 7.00. The lowest BCUT2D eigenvalue weighted by molar-refractivity contribution is 0.0750. The molecule has 6 nitrogen and oxygen atoms in total. The fourth-order valence-corrected chi connectivity index (χ4v) is 2.17. The summed E-state index contributed by atoms with van der Waals surface area (Å²) in [5.41, 5.74) is 0. The average Bonchev–Trinajstić information content (AvgIpc) is 2.17. The van der Waals surface area contributed by atoms with E-state index < -0.39 is 23.6 Å². The van der Waals surface area contributed by atoms with Crippen LogP contribution in [0.3, 0.4) is 0 Å². The number of likely N-dealkylation sites (tertiary alicyclic amines) is 1. The van der Waals surface area contributed by atoms with Crippen molar-refractivity contribution in [3.05, 3.63) is 0 Å². The minimum Gasteiger partial charge on any atom is -0.750 e. The predicted molar refractivity (Wildman–Crippen MR) is 51.8 cm³/mol. The Kier molecular flexibility index (Phi) is 4.49. The number of hydrogen-bond acceptors (Lipinski definition) is 4. The van der Waals surface area contributed by atoms with Gasteiger partial charge in [-0.2, -0.15) is 0 Å². The van der Waals surface area contributed by atoms with E-state index in [1.807, 2.05) is 0 Å². The molecule has 0 radical (unpaired) electrons. The highest BCUT2D eigenvalue weighted by atomic mass is 32.2. The molecule has 0 aliphatic carbocycles. The number of piperidine rings is 1. The van der Waals surface area contributed by atoms with Crippen LogP contribution in [0.15, 0.2) is 0 Å². The molecule has 0 bridgehead atoms. The molecule has 2 unspecified atom stereocenters. The summed E-state index contributed by atoms with van der Waals surface area (Å²) in [4.78, 5) is 12.0. The highest BCUT2D eigenvalue weighted by Crippen LogP contribution is 2.21. The second-order valence-corrected chi connectivity index (χ2v) is 4.24. The Bertz CT molecular complexity index is 259. The van der Waals surface area contributed by atoms with Crippen molar-refractivity contribution in [2.75, 3.05) is 13.1 Å². The first kappa shape index (κ1) is 12.4. The van der Waals surface area contributed by atoms with Crippen molar-refractivity contribution in [3.8, 4) is 0 Å². The lowest BCUT2D eigenvalue weighted by Crippen LogP contribution is -2.42. The third-order valence-corrected chi connectivity index (χ3v) is 3.08. The van der Waals surface area contributed by atoms with E-state index in [0.717, 1.165) is 12.8 Å². The zero-order chi connectivity index (χ0) is 11.4. The van der Waals surface area contributed by atoms with Gasteiger partial charge in [-0.15, -0.1) is 0 Å². The summed E-state index contributed by atoms with van der Waals surface area (Å²) in [6.45, 7) is 2.50. The molecule has 1 fully saturated rings. The Hall–Kier alpha value is -0.660. The number of carboxylic acid groups (broad SMARTS) is 1. The molecule has 1 aliphatic heterocycles. The fraction of sp³-hybridized carbons (Fsp3) is 0.875. The Morgan fingerprint density at radius 2 is 2.40 bits per heavy atom. The molecule has 1 aliphatic rings. The van der Waals surface area contributed by atoms with Gasteiger partial charge in [-0.25, -0.2) is 9.00 Å². The van der Waals surface area contributed by atoms with Crippen molar-refractivity contribution in [2.45, 2.75) is 25.9 Å². The number of amides is 1. The third-order valence-electron chi connectivity index (χ3n) is 2.62. The summed E-state index contributed by atoms with van der Waals surface area (Å²) in [6, 6.07) is 0. The van der Waals surface area contributed by atoms with E-state index in [-0.39, 0.29) is 5.92 Å². The summed E-state index contributed by atoms with van der Waals surface area (Å²) in [6.07, 6.45) is 0.110. The lowest BCUT2D eigenvalue weighted by atomic mass is 9.94. The van der Waals surface area contributed by atoms with Gasteiger partial charge in [0, 0.05) is 19.0 Å². The Balaban J connectivity index is 2.48. The first-order valence-electron chi connectivity index (χ1n) is 4.75. The van der Waals surface area contributed by atoms with Gasteiger partial charge < -0.3 is 14.6 Å². The van der Waals surface area contributed by atoms with Crippen molar-refractivity contribution in [2.24, 2.45) is 5.92 Å². The van der Waals surface area contributed by atoms with Crippen molar-refractivity contribution in [1.82, 2.24) is 4.90 Å². The van der Waals surface area contributed by atoms with Crippen molar-refractivity contribution < 1.29 is 22.8 Å². The number of hydrogen-bond donors (Lipinski definition) is 1. The molecular formula is C8H14NO5S-. The molecule has 88 valence electrons. The molecular weight excluding hydrogens is 222 g/mol. The highest BCUT2D eigenvalue weighted by Gasteiger charge is 2.27. The van der Waals surface area contributed by atoms with Gasteiger partial charge in [-0.3, -0.25) is 4.18 Å². The fourth-order valence-electron chi connectivity index (χ4n) is 1.77. The smallest absolute Gasteiger partial charge is 0.407 e. The second-order valence-electron chi connectivity index (χ2n) is 3.64. The van der Waals surface area contributed by atoms with E-state index in [4.69, 9.17) is 5.11 Å². The largest absolute Gasteiger partial charge is 0.750 e. The van der Waals surface area contributed by atoms with Crippen LogP contribution in [0.5, 0.6) is 0 Å². The maximum absolute atomic E-state index is 10.7. The van der Waals surface area contributed by atoms with Gasteiger partial charge in [0.1, 0.15) is 0 Å². The van der Waals surface area contributed by atoms with Gasteiger partial charge in [0.2, 0.25) is 0 Å². The molecule has 0 spiro atoms. The third kappa shape index (κ3) is 3.77.